The van der Waals surface area contributed by atoms with Gasteiger partial charge in [-0.1, -0.05) is 0 Å². The van der Waals surface area contributed by atoms with E-state index in [0.29, 0.717) is 18.2 Å². The van der Waals surface area contributed by atoms with Gasteiger partial charge in [-0.3, -0.25) is 10.1 Å². The lowest BCUT2D eigenvalue weighted by atomic mass is 10.2. The van der Waals surface area contributed by atoms with Crippen LogP contribution in [0.3, 0.4) is 0 Å². The second-order valence-corrected chi connectivity index (χ2v) is 3.30. The Bertz CT molecular complexity index is 523. The highest BCUT2D eigenvalue weighted by molar-refractivity contribution is 5.66. The lowest BCUT2D eigenvalue weighted by molar-refractivity contribution is -0.384. The fourth-order valence-electron chi connectivity index (χ4n) is 1.43. The first-order valence-electron chi connectivity index (χ1n) is 5.11. The van der Waals surface area contributed by atoms with Crippen molar-refractivity contribution < 1.29 is 4.92 Å². The minimum atomic E-state index is -0.494. The molecule has 0 aliphatic rings. The van der Waals surface area contributed by atoms with Crippen molar-refractivity contribution in [2.24, 2.45) is 0 Å². The zero-order chi connectivity index (χ0) is 12.3. The number of hydrogen-bond acceptors (Lipinski definition) is 5. The number of aromatic amines is 1. The van der Waals surface area contributed by atoms with E-state index in [0.717, 1.165) is 0 Å². The Morgan fingerprint density at radius 3 is 3.00 bits per heavy atom. The van der Waals surface area contributed by atoms with Crippen LogP contribution >= 0.6 is 0 Å². The molecule has 0 amide bonds. The molecule has 0 saturated carbocycles. The fraction of sp³-hybridized carbons (Fsp3) is 0.200. The predicted octanol–water partition coefficient (Wildman–Crippen LogP) is 1.81. The van der Waals surface area contributed by atoms with Crippen LogP contribution in [0.5, 0.6) is 0 Å². The molecule has 0 aromatic carbocycles. The van der Waals surface area contributed by atoms with E-state index in [9.17, 15) is 10.1 Å². The Hall–Kier alpha value is -2.44. The van der Waals surface area contributed by atoms with Crippen LogP contribution in [0.2, 0.25) is 0 Å². The molecule has 7 heteroatoms. The molecule has 0 unspecified atom stereocenters. The summed E-state index contributed by atoms with van der Waals surface area (Å²) in [5.74, 6) is 0.378. The molecule has 0 spiro atoms. The van der Waals surface area contributed by atoms with Gasteiger partial charge >= 0.3 is 5.69 Å². The van der Waals surface area contributed by atoms with Crippen molar-refractivity contribution in [3.05, 3.63) is 34.6 Å². The quantitative estimate of drug-likeness (QED) is 0.620. The van der Waals surface area contributed by atoms with E-state index in [4.69, 9.17) is 0 Å². The lowest BCUT2D eigenvalue weighted by Crippen LogP contribution is -2.04. The number of rotatable bonds is 4. The number of H-pyrrole nitrogens is 1. The summed E-state index contributed by atoms with van der Waals surface area (Å²) < 4.78 is 0. The van der Waals surface area contributed by atoms with Crippen LogP contribution in [0.1, 0.15) is 6.92 Å². The molecule has 88 valence electrons. The fourth-order valence-corrected chi connectivity index (χ4v) is 1.43. The van der Waals surface area contributed by atoms with E-state index in [1.165, 1.54) is 6.20 Å². The summed E-state index contributed by atoms with van der Waals surface area (Å²) in [6.45, 7) is 2.56. The lowest BCUT2D eigenvalue weighted by Gasteiger charge is -2.04. The first kappa shape index (κ1) is 11.1. The summed E-state index contributed by atoms with van der Waals surface area (Å²) in [5, 5.41) is 13.8. The number of aromatic nitrogens is 3. The topological polar surface area (TPSA) is 96.7 Å². The zero-order valence-corrected chi connectivity index (χ0v) is 9.17. The van der Waals surface area contributed by atoms with Crippen molar-refractivity contribution in [3.63, 3.8) is 0 Å². The molecule has 2 heterocycles. The van der Waals surface area contributed by atoms with E-state index < -0.39 is 4.92 Å². The second kappa shape index (κ2) is 4.60. The number of nitrogens with zero attached hydrogens (tertiary/aromatic N) is 3. The molecule has 0 radical (unpaired) electrons. The second-order valence-electron chi connectivity index (χ2n) is 3.30. The third-order valence-electron chi connectivity index (χ3n) is 2.15. The van der Waals surface area contributed by atoms with E-state index in [2.05, 4.69) is 20.3 Å². The maximum atomic E-state index is 10.9. The molecule has 0 saturated heterocycles. The Labute approximate surface area is 97.1 Å². The number of nitrogens with one attached hydrogen (secondary N) is 2. The van der Waals surface area contributed by atoms with Gasteiger partial charge in [0.2, 0.25) is 5.95 Å². The van der Waals surface area contributed by atoms with Gasteiger partial charge < -0.3 is 10.3 Å². The Balaban J connectivity index is 2.52. The molecule has 0 aliphatic heterocycles. The number of hydrogen-bond donors (Lipinski definition) is 2. The zero-order valence-electron chi connectivity index (χ0n) is 9.17. The van der Waals surface area contributed by atoms with Gasteiger partial charge in [0.05, 0.1) is 10.6 Å². The van der Waals surface area contributed by atoms with E-state index in [1.807, 2.05) is 6.92 Å². The standard InChI is InChI=1S/C10H11N5O2/c1-2-11-10-13-6-8(15(16)17)9(14-10)7-4-3-5-12-7/h3-6,12H,2H2,1H3,(H,11,13,14). The van der Waals surface area contributed by atoms with Crippen LogP contribution in [-0.4, -0.2) is 26.4 Å². The van der Waals surface area contributed by atoms with Gasteiger partial charge in [0, 0.05) is 12.7 Å². The molecule has 0 bridgehead atoms. The summed E-state index contributed by atoms with van der Waals surface area (Å²) in [6, 6.07) is 3.49. The van der Waals surface area contributed by atoms with Crippen LogP contribution in [0.25, 0.3) is 11.4 Å². The van der Waals surface area contributed by atoms with Crippen LogP contribution in [-0.2, 0) is 0 Å². The monoisotopic (exact) mass is 233 g/mol. The molecular weight excluding hydrogens is 222 g/mol. The molecule has 2 aromatic heterocycles. The van der Waals surface area contributed by atoms with Gasteiger partial charge in [-0.15, -0.1) is 0 Å². The van der Waals surface area contributed by atoms with Gasteiger partial charge in [-0.2, -0.15) is 0 Å². The molecular formula is C10H11N5O2. The SMILES string of the molecule is CCNc1ncc([N+](=O)[O-])c(-c2ccc[nH]2)n1. The molecule has 7 nitrogen and oxygen atoms in total. The first-order chi connectivity index (χ1) is 8.22. The van der Waals surface area contributed by atoms with Gasteiger partial charge in [0.15, 0.2) is 5.69 Å². The maximum absolute atomic E-state index is 10.9. The molecule has 0 fully saturated rings. The van der Waals surface area contributed by atoms with E-state index in [1.54, 1.807) is 18.3 Å². The summed E-state index contributed by atoms with van der Waals surface area (Å²) >= 11 is 0. The summed E-state index contributed by atoms with van der Waals surface area (Å²) in [5.41, 5.74) is 0.762. The largest absolute Gasteiger partial charge is 0.360 e. The van der Waals surface area contributed by atoms with Crippen molar-refractivity contribution in [1.82, 2.24) is 15.0 Å². The third-order valence-corrected chi connectivity index (χ3v) is 2.15. The molecule has 0 aliphatic carbocycles. The Kier molecular flexibility index (Phi) is 2.99. The van der Waals surface area contributed by atoms with Gasteiger partial charge in [0.1, 0.15) is 6.20 Å². The summed E-state index contributed by atoms with van der Waals surface area (Å²) in [4.78, 5) is 21.3. The van der Waals surface area contributed by atoms with E-state index in [-0.39, 0.29) is 11.4 Å². The minimum Gasteiger partial charge on any atom is -0.360 e. The van der Waals surface area contributed by atoms with Crippen LogP contribution in [0.15, 0.2) is 24.5 Å². The normalized spacial score (nSPS) is 10.2. The molecule has 2 rings (SSSR count). The van der Waals surface area contributed by atoms with Crippen molar-refractivity contribution in [1.29, 1.82) is 0 Å². The maximum Gasteiger partial charge on any atom is 0.315 e. The van der Waals surface area contributed by atoms with Gasteiger partial charge in [-0.25, -0.2) is 9.97 Å². The molecule has 2 N–H and O–H groups in total. The number of anilines is 1. The Morgan fingerprint density at radius 2 is 2.41 bits per heavy atom. The van der Waals surface area contributed by atoms with Crippen LogP contribution in [0.4, 0.5) is 11.6 Å². The molecule has 17 heavy (non-hydrogen) atoms. The molecule has 2 aromatic rings. The van der Waals surface area contributed by atoms with Crippen LogP contribution in [0, 0.1) is 10.1 Å². The van der Waals surface area contributed by atoms with Gasteiger partial charge in [-0.05, 0) is 19.1 Å². The highest BCUT2D eigenvalue weighted by Gasteiger charge is 2.19. The average molecular weight is 233 g/mol. The van der Waals surface area contributed by atoms with Crippen molar-refractivity contribution >= 4 is 11.6 Å². The highest BCUT2D eigenvalue weighted by atomic mass is 16.6. The summed E-state index contributed by atoms with van der Waals surface area (Å²) in [6.07, 6.45) is 2.90. The average Bonchev–Trinajstić information content (AvgIpc) is 2.82. The third kappa shape index (κ3) is 2.22. The molecule has 0 atom stereocenters. The summed E-state index contributed by atoms with van der Waals surface area (Å²) in [7, 11) is 0. The van der Waals surface area contributed by atoms with Crippen molar-refractivity contribution in [2.45, 2.75) is 6.92 Å². The first-order valence-corrected chi connectivity index (χ1v) is 5.11. The van der Waals surface area contributed by atoms with E-state index >= 15 is 0 Å². The highest BCUT2D eigenvalue weighted by Crippen LogP contribution is 2.26. The van der Waals surface area contributed by atoms with Crippen LogP contribution < -0.4 is 5.32 Å². The Morgan fingerprint density at radius 1 is 1.59 bits per heavy atom. The smallest absolute Gasteiger partial charge is 0.315 e. The minimum absolute atomic E-state index is 0.117. The predicted molar refractivity (Wildman–Crippen MR) is 62.6 cm³/mol. The van der Waals surface area contributed by atoms with Gasteiger partial charge in [0.25, 0.3) is 0 Å². The number of nitro groups is 1. The van der Waals surface area contributed by atoms with Crippen molar-refractivity contribution in [2.75, 3.05) is 11.9 Å². The van der Waals surface area contributed by atoms with Crippen molar-refractivity contribution in [3.8, 4) is 11.4 Å².